The number of benzene rings is 2. The first-order chi connectivity index (χ1) is 15.7. The number of aliphatic hydroxyl groups excluding tert-OH is 1. The van der Waals surface area contributed by atoms with Gasteiger partial charge < -0.3 is 24.1 Å². The van der Waals surface area contributed by atoms with Crippen LogP contribution in [0.25, 0.3) is 10.2 Å². The summed E-state index contributed by atoms with van der Waals surface area (Å²) in [5.41, 5.74) is 1.37. The van der Waals surface area contributed by atoms with Gasteiger partial charge in [0, 0.05) is 17.7 Å². The van der Waals surface area contributed by atoms with E-state index in [2.05, 4.69) is 4.98 Å². The van der Waals surface area contributed by atoms with E-state index in [1.54, 1.807) is 19.2 Å². The molecule has 0 radical (unpaired) electrons. The molecule has 0 saturated carbocycles. The zero-order valence-electron chi connectivity index (χ0n) is 21.1. The average molecular weight is 476 g/mol. The largest absolute Gasteiger partial charge is 0.493 e. The van der Waals surface area contributed by atoms with E-state index < -0.39 is 6.10 Å². The lowest BCUT2D eigenvalue weighted by Crippen LogP contribution is -2.12. The van der Waals surface area contributed by atoms with Crippen molar-refractivity contribution in [2.24, 2.45) is 0 Å². The fourth-order valence-electron chi connectivity index (χ4n) is 3.15. The Balaban J connectivity index is 0.00000187. The van der Waals surface area contributed by atoms with Crippen LogP contribution in [-0.2, 0) is 0 Å². The molecule has 3 aromatic rings. The zero-order chi connectivity index (χ0) is 24.7. The normalized spacial score (nSPS) is 12.0. The zero-order valence-corrected chi connectivity index (χ0v) is 21.9. The second-order valence-corrected chi connectivity index (χ2v) is 9.19. The highest BCUT2D eigenvalue weighted by Gasteiger charge is 2.24. The van der Waals surface area contributed by atoms with Gasteiger partial charge in [-0.1, -0.05) is 13.8 Å². The summed E-state index contributed by atoms with van der Waals surface area (Å²) in [7, 11) is 1.59. The predicted octanol–water partition coefficient (Wildman–Crippen LogP) is 6.77. The molecule has 0 amide bonds. The van der Waals surface area contributed by atoms with Gasteiger partial charge in [-0.2, -0.15) is 0 Å². The number of aromatic nitrogens is 1. The standard InChI is InChI=1S/C24H31NO5S.C2H6/c1-13(2)28-16-8-9-22-18(10-16)25-24(31-22)23(26)17-11-21(30-15(5)6)20(27-7)12-19(17)29-14(3)4;1-2/h8-15,23,26H,1-7H3;1-2H3. The van der Waals surface area contributed by atoms with Gasteiger partial charge >= 0.3 is 0 Å². The molecule has 0 aliphatic carbocycles. The monoisotopic (exact) mass is 475 g/mol. The van der Waals surface area contributed by atoms with Crippen molar-refractivity contribution < 1.29 is 24.1 Å². The second-order valence-electron chi connectivity index (χ2n) is 8.12. The number of methoxy groups -OCH3 is 1. The number of aliphatic hydroxyl groups is 1. The summed E-state index contributed by atoms with van der Waals surface area (Å²) in [5, 5.41) is 11.8. The van der Waals surface area contributed by atoms with Gasteiger partial charge in [0.15, 0.2) is 11.5 Å². The van der Waals surface area contributed by atoms with Crippen LogP contribution in [0.1, 0.15) is 72.1 Å². The first-order valence-electron chi connectivity index (χ1n) is 11.5. The Bertz CT molecular complexity index is 1030. The highest BCUT2D eigenvalue weighted by molar-refractivity contribution is 7.18. The number of nitrogens with zero attached hydrogens (tertiary/aromatic N) is 1. The quantitative estimate of drug-likeness (QED) is 0.368. The topological polar surface area (TPSA) is 70.0 Å². The van der Waals surface area contributed by atoms with E-state index in [0.29, 0.717) is 27.8 Å². The highest BCUT2D eigenvalue weighted by atomic mass is 32.1. The van der Waals surface area contributed by atoms with Crippen LogP contribution in [0, 0.1) is 0 Å². The molecule has 6 nitrogen and oxygen atoms in total. The number of rotatable bonds is 9. The molecule has 1 aromatic heterocycles. The number of ether oxygens (including phenoxy) is 4. The Kier molecular flexibility index (Phi) is 9.80. The maximum Gasteiger partial charge on any atom is 0.164 e. The van der Waals surface area contributed by atoms with Gasteiger partial charge in [-0.3, -0.25) is 0 Å². The number of hydrogen-bond donors (Lipinski definition) is 1. The van der Waals surface area contributed by atoms with Crippen LogP contribution in [0.2, 0.25) is 0 Å². The Morgan fingerprint density at radius 1 is 0.788 bits per heavy atom. The van der Waals surface area contributed by atoms with Gasteiger partial charge in [-0.15, -0.1) is 11.3 Å². The first-order valence-corrected chi connectivity index (χ1v) is 12.3. The summed E-state index contributed by atoms with van der Waals surface area (Å²) < 4.78 is 24.1. The van der Waals surface area contributed by atoms with Crippen molar-refractivity contribution in [3.8, 4) is 23.0 Å². The fourth-order valence-corrected chi connectivity index (χ4v) is 4.11. The minimum atomic E-state index is -0.971. The maximum absolute atomic E-state index is 11.3. The second kappa shape index (κ2) is 12.1. The molecule has 0 fully saturated rings. The van der Waals surface area contributed by atoms with Crippen LogP contribution < -0.4 is 18.9 Å². The van der Waals surface area contributed by atoms with Gasteiger partial charge in [0.2, 0.25) is 0 Å². The molecule has 7 heteroatoms. The summed E-state index contributed by atoms with van der Waals surface area (Å²) in [4.78, 5) is 4.67. The van der Waals surface area contributed by atoms with Crippen LogP contribution in [0.4, 0.5) is 0 Å². The van der Waals surface area contributed by atoms with Crippen LogP contribution in [-0.4, -0.2) is 35.5 Å². The first kappa shape index (κ1) is 26.7. The number of hydrogen-bond acceptors (Lipinski definition) is 7. The molecule has 0 aliphatic rings. The Morgan fingerprint density at radius 2 is 1.39 bits per heavy atom. The van der Waals surface area contributed by atoms with Gasteiger partial charge in [0.25, 0.3) is 0 Å². The third-order valence-electron chi connectivity index (χ3n) is 4.30. The van der Waals surface area contributed by atoms with Crippen molar-refractivity contribution in [1.29, 1.82) is 0 Å². The average Bonchev–Trinajstić information content (AvgIpc) is 3.17. The van der Waals surface area contributed by atoms with Crippen molar-refractivity contribution in [2.45, 2.75) is 79.8 Å². The maximum atomic E-state index is 11.3. The molecular weight excluding hydrogens is 438 g/mol. The van der Waals surface area contributed by atoms with Crippen LogP contribution in [0.3, 0.4) is 0 Å². The molecule has 33 heavy (non-hydrogen) atoms. The van der Waals surface area contributed by atoms with Crippen LogP contribution >= 0.6 is 11.3 Å². The van der Waals surface area contributed by atoms with Crippen molar-refractivity contribution >= 4 is 21.6 Å². The lowest BCUT2D eigenvalue weighted by atomic mass is 10.1. The number of fused-ring (bicyclic) bond motifs is 1. The van der Waals surface area contributed by atoms with E-state index in [9.17, 15) is 5.11 Å². The molecule has 0 spiro atoms. The van der Waals surface area contributed by atoms with E-state index in [4.69, 9.17) is 18.9 Å². The Hall–Kier alpha value is -2.51. The smallest absolute Gasteiger partial charge is 0.164 e. The van der Waals surface area contributed by atoms with Crippen LogP contribution in [0.15, 0.2) is 30.3 Å². The van der Waals surface area contributed by atoms with E-state index in [-0.39, 0.29) is 18.3 Å². The molecule has 0 bridgehead atoms. The highest BCUT2D eigenvalue weighted by Crippen LogP contribution is 2.42. The molecule has 0 aliphatic heterocycles. The molecule has 182 valence electrons. The van der Waals surface area contributed by atoms with Crippen LogP contribution in [0.5, 0.6) is 23.0 Å². The van der Waals surface area contributed by atoms with Crippen molar-refractivity contribution in [3.05, 3.63) is 40.9 Å². The van der Waals surface area contributed by atoms with Gasteiger partial charge in [0.05, 0.1) is 35.6 Å². The molecule has 1 unspecified atom stereocenters. The third kappa shape index (κ3) is 6.98. The third-order valence-corrected chi connectivity index (χ3v) is 5.39. The Labute approximate surface area is 201 Å². The predicted molar refractivity (Wildman–Crippen MR) is 135 cm³/mol. The molecule has 1 N–H and O–H groups in total. The van der Waals surface area contributed by atoms with E-state index in [1.165, 1.54) is 11.3 Å². The summed E-state index contributed by atoms with van der Waals surface area (Å²) in [6.45, 7) is 15.7. The summed E-state index contributed by atoms with van der Waals surface area (Å²) in [6.07, 6.45) is -1.01. The summed E-state index contributed by atoms with van der Waals surface area (Å²) >= 11 is 1.44. The summed E-state index contributed by atoms with van der Waals surface area (Å²) in [6, 6.07) is 9.33. The van der Waals surface area contributed by atoms with E-state index >= 15 is 0 Å². The Morgan fingerprint density at radius 3 is 1.97 bits per heavy atom. The van der Waals surface area contributed by atoms with Gasteiger partial charge in [-0.05, 0) is 59.7 Å². The molecule has 1 heterocycles. The summed E-state index contributed by atoms with van der Waals surface area (Å²) in [5.74, 6) is 2.41. The fraction of sp³-hybridized carbons (Fsp3) is 0.500. The SMILES string of the molecule is CC.COc1cc(OC(C)C)c(C(O)c2nc3cc(OC(C)C)ccc3s2)cc1OC(C)C. The lowest BCUT2D eigenvalue weighted by molar-refractivity contribution is 0.192. The van der Waals surface area contributed by atoms with E-state index in [1.807, 2.05) is 73.6 Å². The van der Waals surface area contributed by atoms with Crippen molar-refractivity contribution in [2.75, 3.05) is 7.11 Å². The molecule has 1 atom stereocenters. The van der Waals surface area contributed by atoms with Crippen molar-refractivity contribution in [1.82, 2.24) is 4.98 Å². The minimum Gasteiger partial charge on any atom is -0.493 e. The lowest BCUT2D eigenvalue weighted by Gasteiger charge is -2.21. The van der Waals surface area contributed by atoms with E-state index in [0.717, 1.165) is 16.0 Å². The van der Waals surface area contributed by atoms with Crippen molar-refractivity contribution in [3.63, 3.8) is 0 Å². The molecule has 2 aromatic carbocycles. The van der Waals surface area contributed by atoms with Gasteiger partial charge in [-0.25, -0.2) is 4.98 Å². The molecule has 3 rings (SSSR count). The van der Waals surface area contributed by atoms with Gasteiger partial charge in [0.1, 0.15) is 22.6 Å². The minimum absolute atomic E-state index is 0.0439. The molecular formula is C26H37NO5S. The molecule has 0 saturated heterocycles. The number of thiazole rings is 1.